The molecular formula is C15H14Cl2N6O. The van der Waals surface area contributed by atoms with Gasteiger partial charge in [-0.1, -0.05) is 23.2 Å². The zero-order valence-corrected chi connectivity index (χ0v) is 14.2. The van der Waals surface area contributed by atoms with Crippen molar-refractivity contribution in [3.05, 3.63) is 58.9 Å². The fourth-order valence-corrected chi connectivity index (χ4v) is 2.69. The number of benzene rings is 1. The molecule has 2 heterocycles. The highest BCUT2D eigenvalue weighted by molar-refractivity contribution is 6.35. The van der Waals surface area contributed by atoms with E-state index in [9.17, 15) is 4.79 Å². The van der Waals surface area contributed by atoms with E-state index >= 15 is 0 Å². The predicted molar refractivity (Wildman–Crippen MR) is 90.5 cm³/mol. The smallest absolute Gasteiger partial charge is 0.254 e. The van der Waals surface area contributed by atoms with Gasteiger partial charge in [-0.2, -0.15) is 10.2 Å². The fourth-order valence-electron chi connectivity index (χ4n) is 2.20. The summed E-state index contributed by atoms with van der Waals surface area (Å²) in [5.74, 6) is -0.223. The number of carbonyl (C=O) groups is 1. The monoisotopic (exact) mass is 364 g/mol. The zero-order valence-electron chi connectivity index (χ0n) is 12.7. The molecule has 0 saturated heterocycles. The van der Waals surface area contributed by atoms with Gasteiger partial charge in [-0.3, -0.25) is 9.48 Å². The lowest BCUT2D eigenvalue weighted by molar-refractivity contribution is 0.0936. The molecule has 3 aromatic rings. The third kappa shape index (κ3) is 3.74. The molecule has 0 aliphatic heterocycles. The lowest BCUT2D eigenvalue weighted by atomic mass is 10.2. The summed E-state index contributed by atoms with van der Waals surface area (Å²) in [4.78, 5) is 16.2. The summed E-state index contributed by atoms with van der Waals surface area (Å²) in [6.45, 7) is 2.42. The summed E-state index contributed by atoms with van der Waals surface area (Å²) in [5.41, 5.74) is 1.09. The van der Waals surface area contributed by atoms with Gasteiger partial charge in [-0.05, 0) is 25.1 Å². The van der Waals surface area contributed by atoms with Gasteiger partial charge >= 0.3 is 0 Å². The maximum absolute atomic E-state index is 12.3. The largest absolute Gasteiger partial charge is 0.348 e. The lowest BCUT2D eigenvalue weighted by Gasteiger charge is -2.12. The average molecular weight is 365 g/mol. The minimum absolute atomic E-state index is 0.110. The number of halogens is 2. The molecule has 0 aliphatic rings. The van der Waals surface area contributed by atoms with E-state index in [-0.39, 0.29) is 11.9 Å². The Labute approximate surface area is 148 Å². The maximum atomic E-state index is 12.3. The number of nitrogens with one attached hydrogen (secondary N) is 1. The molecule has 1 unspecified atom stereocenters. The van der Waals surface area contributed by atoms with Gasteiger partial charge in [0, 0.05) is 17.3 Å². The summed E-state index contributed by atoms with van der Waals surface area (Å²) in [5, 5.41) is 12.1. The first-order valence-electron chi connectivity index (χ1n) is 7.16. The number of hydrogen-bond donors (Lipinski definition) is 1. The van der Waals surface area contributed by atoms with Crippen molar-refractivity contribution in [2.24, 2.45) is 0 Å². The Hall–Kier alpha value is -2.38. The summed E-state index contributed by atoms with van der Waals surface area (Å²) < 4.78 is 3.19. The molecule has 3 rings (SSSR count). The zero-order chi connectivity index (χ0) is 17.1. The third-order valence-electron chi connectivity index (χ3n) is 3.31. The van der Waals surface area contributed by atoms with Crippen molar-refractivity contribution >= 4 is 29.1 Å². The molecule has 1 N–H and O–H groups in total. The van der Waals surface area contributed by atoms with Crippen molar-refractivity contribution in [3.63, 3.8) is 0 Å². The van der Waals surface area contributed by atoms with E-state index in [4.69, 9.17) is 23.2 Å². The molecule has 9 heteroatoms. The minimum atomic E-state index is -0.223. The standard InChI is InChI=1S/C15H14Cl2N6O/c1-10(6-22-9-18-8-20-22)21-15(24)11-5-19-23(7-11)14-3-2-12(16)4-13(14)17/h2-5,7-10H,6H2,1H3,(H,21,24). The molecule has 0 spiro atoms. The highest BCUT2D eigenvalue weighted by Crippen LogP contribution is 2.24. The van der Waals surface area contributed by atoms with Crippen LogP contribution in [0.25, 0.3) is 5.69 Å². The molecule has 0 fully saturated rings. The third-order valence-corrected chi connectivity index (χ3v) is 3.84. The van der Waals surface area contributed by atoms with Crippen molar-refractivity contribution in [3.8, 4) is 5.69 Å². The van der Waals surface area contributed by atoms with Crippen LogP contribution in [0.4, 0.5) is 0 Å². The Morgan fingerprint density at radius 1 is 1.33 bits per heavy atom. The second-order valence-electron chi connectivity index (χ2n) is 5.26. The molecule has 1 aromatic carbocycles. The first-order chi connectivity index (χ1) is 11.5. The van der Waals surface area contributed by atoms with Crippen molar-refractivity contribution in [2.75, 3.05) is 0 Å². The van der Waals surface area contributed by atoms with Crippen molar-refractivity contribution in [2.45, 2.75) is 19.5 Å². The van der Waals surface area contributed by atoms with Crippen LogP contribution < -0.4 is 5.32 Å². The van der Waals surface area contributed by atoms with E-state index in [1.54, 1.807) is 35.4 Å². The number of hydrogen-bond acceptors (Lipinski definition) is 4. The first kappa shape index (κ1) is 16.5. The van der Waals surface area contributed by atoms with E-state index in [2.05, 4.69) is 20.5 Å². The average Bonchev–Trinajstić information content (AvgIpc) is 3.18. The molecule has 24 heavy (non-hydrogen) atoms. The van der Waals surface area contributed by atoms with Gasteiger partial charge in [-0.15, -0.1) is 0 Å². The van der Waals surface area contributed by atoms with Crippen LogP contribution in [0, 0.1) is 0 Å². The van der Waals surface area contributed by atoms with Gasteiger partial charge in [0.25, 0.3) is 5.91 Å². The van der Waals surface area contributed by atoms with Crippen LogP contribution in [-0.2, 0) is 6.54 Å². The van der Waals surface area contributed by atoms with E-state index in [0.29, 0.717) is 27.8 Å². The second kappa shape index (κ2) is 7.02. The topological polar surface area (TPSA) is 77.6 Å². The van der Waals surface area contributed by atoms with Crippen LogP contribution in [-0.4, -0.2) is 36.5 Å². The summed E-state index contributed by atoms with van der Waals surface area (Å²) in [6, 6.07) is 4.97. The van der Waals surface area contributed by atoms with Gasteiger partial charge in [0.05, 0.1) is 29.0 Å². The van der Waals surface area contributed by atoms with Gasteiger partial charge in [0.2, 0.25) is 0 Å². The van der Waals surface area contributed by atoms with E-state index in [1.807, 2.05) is 6.92 Å². The molecule has 0 aliphatic carbocycles. The molecule has 0 radical (unpaired) electrons. The van der Waals surface area contributed by atoms with Crippen LogP contribution in [0.3, 0.4) is 0 Å². The molecule has 1 amide bonds. The molecule has 7 nitrogen and oxygen atoms in total. The van der Waals surface area contributed by atoms with E-state index < -0.39 is 0 Å². The second-order valence-corrected chi connectivity index (χ2v) is 6.10. The van der Waals surface area contributed by atoms with Crippen LogP contribution in [0.5, 0.6) is 0 Å². The highest BCUT2D eigenvalue weighted by Gasteiger charge is 2.14. The van der Waals surface area contributed by atoms with Crippen LogP contribution in [0.1, 0.15) is 17.3 Å². The number of nitrogens with zero attached hydrogens (tertiary/aromatic N) is 5. The first-order valence-corrected chi connectivity index (χ1v) is 7.92. The Kier molecular flexibility index (Phi) is 4.82. The molecule has 124 valence electrons. The molecule has 1 atom stereocenters. The van der Waals surface area contributed by atoms with Gasteiger partial charge < -0.3 is 5.32 Å². The summed E-state index contributed by atoms with van der Waals surface area (Å²) >= 11 is 12.0. The predicted octanol–water partition coefficient (Wildman–Crippen LogP) is 2.59. The van der Waals surface area contributed by atoms with Crippen LogP contribution >= 0.6 is 23.2 Å². The van der Waals surface area contributed by atoms with Crippen LogP contribution in [0.15, 0.2) is 43.2 Å². The Balaban J connectivity index is 1.69. The van der Waals surface area contributed by atoms with E-state index in [1.165, 1.54) is 17.2 Å². The quantitative estimate of drug-likeness (QED) is 0.754. The Morgan fingerprint density at radius 3 is 2.88 bits per heavy atom. The van der Waals surface area contributed by atoms with Crippen molar-refractivity contribution in [1.82, 2.24) is 29.9 Å². The SMILES string of the molecule is CC(Cn1cncn1)NC(=O)c1cnn(-c2ccc(Cl)cc2Cl)c1. The van der Waals surface area contributed by atoms with Gasteiger partial charge in [0.1, 0.15) is 12.7 Å². The number of aromatic nitrogens is 5. The lowest BCUT2D eigenvalue weighted by Crippen LogP contribution is -2.35. The highest BCUT2D eigenvalue weighted by atomic mass is 35.5. The number of amides is 1. The fraction of sp³-hybridized carbons (Fsp3) is 0.200. The molecule has 0 bridgehead atoms. The van der Waals surface area contributed by atoms with Gasteiger partial charge in [-0.25, -0.2) is 9.67 Å². The van der Waals surface area contributed by atoms with Crippen molar-refractivity contribution in [1.29, 1.82) is 0 Å². The van der Waals surface area contributed by atoms with Crippen molar-refractivity contribution < 1.29 is 4.79 Å². The van der Waals surface area contributed by atoms with Gasteiger partial charge in [0.15, 0.2) is 0 Å². The molecule has 2 aromatic heterocycles. The number of carbonyl (C=O) groups excluding carboxylic acids is 1. The van der Waals surface area contributed by atoms with Crippen LogP contribution in [0.2, 0.25) is 10.0 Å². The Bertz CT molecular complexity index is 846. The molecular weight excluding hydrogens is 351 g/mol. The minimum Gasteiger partial charge on any atom is -0.348 e. The van der Waals surface area contributed by atoms with E-state index in [0.717, 1.165) is 0 Å². The normalized spacial score (nSPS) is 12.1. The Morgan fingerprint density at radius 2 is 2.17 bits per heavy atom. The molecule has 0 saturated carbocycles. The maximum Gasteiger partial charge on any atom is 0.254 e. The number of rotatable bonds is 5. The summed E-state index contributed by atoms with van der Waals surface area (Å²) in [7, 11) is 0. The summed E-state index contributed by atoms with van der Waals surface area (Å²) in [6.07, 6.45) is 6.16.